The highest BCUT2D eigenvalue weighted by Crippen LogP contribution is 2.17. The minimum Gasteiger partial charge on any atom is -0.394 e. The summed E-state index contributed by atoms with van der Waals surface area (Å²) in [6.45, 7) is 0.193. The van der Waals surface area contributed by atoms with Crippen molar-refractivity contribution in [2.45, 2.75) is 5.54 Å². The van der Waals surface area contributed by atoms with Crippen molar-refractivity contribution in [2.24, 2.45) is 5.73 Å². The number of methoxy groups -OCH3 is 1. The van der Waals surface area contributed by atoms with Gasteiger partial charge in [0, 0.05) is 7.11 Å². The molecular formula is C10H15NO2. The number of hydrogen-bond acceptors (Lipinski definition) is 3. The van der Waals surface area contributed by atoms with Crippen molar-refractivity contribution < 1.29 is 9.84 Å². The molecule has 1 atom stereocenters. The zero-order valence-corrected chi connectivity index (χ0v) is 7.73. The Labute approximate surface area is 78.1 Å². The Balaban J connectivity index is 2.89. The number of aliphatic hydroxyl groups is 1. The second-order valence-electron chi connectivity index (χ2n) is 3.11. The van der Waals surface area contributed by atoms with Crippen LogP contribution >= 0.6 is 0 Å². The maximum absolute atomic E-state index is 9.16. The molecule has 0 aliphatic rings. The van der Waals surface area contributed by atoms with Crippen LogP contribution in [0.2, 0.25) is 0 Å². The monoisotopic (exact) mass is 181 g/mol. The molecular weight excluding hydrogens is 166 g/mol. The first kappa shape index (κ1) is 10.2. The van der Waals surface area contributed by atoms with Gasteiger partial charge in [0.1, 0.15) is 0 Å². The predicted octanol–water partition coefficient (Wildman–Crippen LogP) is 0.479. The lowest BCUT2D eigenvalue weighted by molar-refractivity contribution is 0.0858. The van der Waals surface area contributed by atoms with Gasteiger partial charge in [-0.1, -0.05) is 30.3 Å². The van der Waals surface area contributed by atoms with E-state index in [-0.39, 0.29) is 6.61 Å². The first-order chi connectivity index (χ1) is 6.23. The van der Waals surface area contributed by atoms with Crippen LogP contribution < -0.4 is 5.73 Å². The highest BCUT2D eigenvalue weighted by atomic mass is 16.5. The van der Waals surface area contributed by atoms with E-state index in [9.17, 15) is 0 Å². The van der Waals surface area contributed by atoms with E-state index in [1.54, 1.807) is 7.11 Å². The van der Waals surface area contributed by atoms with Crippen LogP contribution in [-0.4, -0.2) is 25.4 Å². The molecule has 1 rings (SSSR count). The zero-order valence-electron chi connectivity index (χ0n) is 7.73. The number of benzene rings is 1. The lowest BCUT2D eigenvalue weighted by Gasteiger charge is -2.26. The van der Waals surface area contributed by atoms with Crippen molar-refractivity contribution in [3.8, 4) is 0 Å². The van der Waals surface area contributed by atoms with E-state index in [2.05, 4.69) is 0 Å². The van der Waals surface area contributed by atoms with Gasteiger partial charge in [-0.05, 0) is 5.56 Å². The molecule has 3 heteroatoms. The van der Waals surface area contributed by atoms with Crippen molar-refractivity contribution in [1.82, 2.24) is 0 Å². The normalized spacial score (nSPS) is 15.3. The van der Waals surface area contributed by atoms with E-state index in [1.165, 1.54) is 0 Å². The van der Waals surface area contributed by atoms with Gasteiger partial charge in [0.2, 0.25) is 0 Å². The SMILES string of the molecule is COCC(N)(CO)c1ccccc1. The van der Waals surface area contributed by atoms with Gasteiger partial charge >= 0.3 is 0 Å². The predicted molar refractivity (Wildman–Crippen MR) is 51.3 cm³/mol. The topological polar surface area (TPSA) is 55.5 Å². The Hall–Kier alpha value is -0.900. The number of ether oxygens (including phenoxy) is 1. The summed E-state index contributed by atoms with van der Waals surface area (Å²) in [6, 6.07) is 9.46. The number of hydrogen-bond donors (Lipinski definition) is 2. The van der Waals surface area contributed by atoms with Crippen molar-refractivity contribution in [3.63, 3.8) is 0 Å². The van der Waals surface area contributed by atoms with Gasteiger partial charge in [0.25, 0.3) is 0 Å². The van der Waals surface area contributed by atoms with Crippen molar-refractivity contribution in [2.75, 3.05) is 20.3 Å². The third-order valence-corrected chi connectivity index (χ3v) is 2.03. The maximum atomic E-state index is 9.16. The quantitative estimate of drug-likeness (QED) is 0.710. The van der Waals surface area contributed by atoms with E-state index >= 15 is 0 Å². The largest absolute Gasteiger partial charge is 0.394 e. The van der Waals surface area contributed by atoms with Crippen molar-refractivity contribution >= 4 is 0 Å². The van der Waals surface area contributed by atoms with Crippen molar-refractivity contribution in [1.29, 1.82) is 0 Å². The van der Waals surface area contributed by atoms with Crippen molar-refractivity contribution in [3.05, 3.63) is 35.9 Å². The summed E-state index contributed by atoms with van der Waals surface area (Å²) in [5.41, 5.74) is 6.06. The van der Waals surface area contributed by atoms with Gasteiger partial charge in [-0.2, -0.15) is 0 Å². The Bertz CT molecular complexity index is 250. The van der Waals surface area contributed by atoms with Crippen LogP contribution in [0, 0.1) is 0 Å². The molecule has 0 spiro atoms. The van der Waals surface area contributed by atoms with Crippen LogP contribution in [0.25, 0.3) is 0 Å². The standard InChI is InChI=1S/C10H15NO2/c1-13-8-10(11,7-12)9-5-3-2-4-6-9/h2-6,12H,7-8,11H2,1H3. The van der Waals surface area contributed by atoms with E-state index in [0.717, 1.165) is 5.56 Å². The van der Waals surface area contributed by atoms with Crippen LogP contribution in [0.15, 0.2) is 30.3 Å². The molecule has 0 saturated carbocycles. The molecule has 0 aliphatic carbocycles. The first-order valence-corrected chi connectivity index (χ1v) is 4.17. The summed E-state index contributed by atoms with van der Waals surface area (Å²) in [5, 5.41) is 9.16. The van der Waals surface area contributed by atoms with E-state index in [4.69, 9.17) is 15.6 Å². The molecule has 3 nitrogen and oxygen atoms in total. The fourth-order valence-electron chi connectivity index (χ4n) is 1.25. The second kappa shape index (κ2) is 4.37. The number of aliphatic hydroxyl groups excluding tert-OH is 1. The first-order valence-electron chi connectivity index (χ1n) is 4.17. The van der Waals surface area contributed by atoms with Gasteiger partial charge < -0.3 is 15.6 Å². The molecule has 0 aromatic heterocycles. The summed E-state index contributed by atoms with van der Waals surface area (Å²) in [7, 11) is 1.57. The molecule has 0 amide bonds. The molecule has 1 aromatic carbocycles. The average Bonchev–Trinajstić information content (AvgIpc) is 2.19. The third kappa shape index (κ3) is 2.28. The summed E-state index contributed by atoms with van der Waals surface area (Å²) < 4.78 is 4.97. The van der Waals surface area contributed by atoms with E-state index in [1.807, 2.05) is 30.3 Å². The Morgan fingerprint density at radius 1 is 1.38 bits per heavy atom. The Morgan fingerprint density at radius 2 is 2.00 bits per heavy atom. The Morgan fingerprint density at radius 3 is 2.46 bits per heavy atom. The number of nitrogens with two attached hydrogens (primary N) is 1. The summed E-state index contributed by atoms with van der Waals surface area (Å²) in [6.07, 6.45) is 0. The van der Waals surface area contributed by atoms with Crippen LogP contribution in [0.3, 0.4) is 0 Å². The highest BCUT2D eigenvalue weighted by Gasteiger charge is 2.25. The molecule has 0 saturated heterocycles. The molecule has 13 heavy (non-hydrogen) atoms. The lowest BCUT2D eigenvalue weighted by Crippen LogP contribution is -2.44. The van der Waals surface area contributed by atoms with Gasteiger partial charge in [-0.15, -0.1) is 0 Å². The molecule has 1 unspecified atom stereocenters. The fraction of sp³-hybridized carbons (Fsp3) is 0.400. The third-order valence-electron chi connectivity index (χ3n) is 2.03. The van der Waals surface area contributed by atoms with Crippen LogP contribution in [-0.2, 0) is 10.3 Å². The minimum absolute atomic E-state index is 0.120. The molecule has 0 heterocycles. The van der Waals surface area contributed by atoms with E-state index < -0.39 is 5.54 Å². The molecule has 0 radical (unpaired) electrons. The van der Waals surface area contributed by atoms with Gasteiger partial charge in [0.05, 0.1) is 18.8 Å². The van der Waals surface area contributed by atoms with Gasteiger partial charge in [-0.25, -0.2) is 0 Å². The molecule has 0 aliphatic heterocycles. The zero-order chi connectivity index (χ0) is 9.73. The molecule has 0 fully saturated rings. The van der Waals surface area contributed by atoms with E-state index in [0.29, 0.717) is 6.61 Å². The van der Waals surface area contributed by atoms with Gasteiger partial charge in [0.15, 0.2) is 0 Å². The molecule has 3 N–H and O–H groups in total. The highest BCUT2D eigenvalue weighted by molar-refractivity contribution is 5.24. The van der Waals surface area contributed by atoms with Crippen LogP contribution in [0.4, 0.5) is 0 Å². The molecule has 72 valence electrons. The molecule has 1 aromatic rings. The fourth-order valence-corrected chi connectivity index (χ4v) is 1.25. The minimum atomic E-state index is -0.782. The van der Waals surface area contributed by atoms with Crippen LogP contribution in [0.5, 0.6) is 0 Å². The Kier molecular flexibility index (Phi) is 3.42. The summed E-state index contributed by atoms with van der Waals surface area (Å²) >= 11 is 0. The molecule has 0 bridgehead atoms. The summed E-state index contributed by atoms with van der Waals surface area (Å²) in [5.74, 6) is 0. The van der Waals surface area contributed by atoms with Gasteiger partial charge in [-0.3, -0.25) is 0 Å². The second-order valence-corrected chi connectivity index (χ2v) is 3.11. The lowest BCUT2D eigenvalue weighted by atomic mass is 9.93. The summed E-state index contributed by atoms with van der Waals surface area (Å²) in [4.78, 5) is 0. The number of rotatable bonds is 4. The van der Waals surface area contributed by atoms with Crippen LogP contribution in [0.1, 0.15) is 5.56 Å². The smallest absolute Gasteiger partial charge is 0.0880 e. The maximum Gasteiger partial charge on any atom is 0.0880 e. The average molecular weight is 181 g/mol.